The fourth-order valence-electron chi connectivity index (χ4n) is 1.81. The minimum atomic E-state index is 0.156. The highest BCUT2D eigenvalue weighted by Crippen LogP contribution is 2.23. The molecule has 72 valence electrons. The van der Waals surface area contributed by atoms with Gasteiger partial charge < -0.3 is 10.3 Å². The van der Waals surface area contributed by atoms with Crippen molar-refractivity contribution in [3.05, 3.63) is 17.7 Å². The molecule has 1 aromatic heterocycles. The Morgan fingerprint density at radius 2 is 2.38 bits per heavy atom. The second-order valence-electron chi connectivity index (χ2n) is 4.10. The minimum Gasteiger partial charge on any atom is -0.319 e. The molecule has 13 heavy (non-hydrogen) atoms. The van der Waals surface area contributed by atoms with Gasteiger partial charge in [-0.1, -0.05) is 13.8 Å². The summed E-state index contributed by atoms with van der Waals surface area (Å²) < 4.78 is 2.14. The Morgan fingerprint density at radius 1 is 1.62 bits per heavy atom. The van der Waals surface area contributed by atoms with Crippen molar-refractivity contribution in [2.24, 2.45) is 5.73 Å². The lowest BCUT2D eigenvalue weighted by Gasteiger charge is -2.20. The van der Waals surface area contributed by atoms with Crippen LogP contribution in [-0.2, 0) is 6.42 Å². The van der Waals surface area contributed by atoms with Crippen LogP contribution in [0.4, 0.5) is 0 Å². The van der Waals surface area contributed by atoms with E-state index in [0.29, 0.717) is 5.92 Å². The fourth-order valence-corrected chi connectivity index (χ4v) is 1.81. The zero-order valence-electron chi connectivity index (χ0n) is 8.33. The Balaban J connectivity index is 2.36. The molecule has 0 fully saturated rings. The van der Waals surface area contributed by atoms with Gasteiger partial charge in [0, 0.05) is 12.6 Å². The van der Waals surface area contributed by atoms with Crippen molar-refractivity contribution >= 4 is 0 Å². The first-order valence-corrected chi connectivity index (χ1v) is 5.01. The number of fused-ring (bicyclic) bond motifs is 1. The number of hydrogen-bond acceptors (Lipinski definition) is 2. The van der Waals surface area contributed by atoms with E-state index < -0.39 is 0 Å². The van der Waals surface area contributed by atoms with E-state index in [1.54, 1.807) is 0 Å². The van der Waals surface area contributed by atoms with Gasteiger partial charge in [-0.3, -0.25) is 0 Å². The molecule has 0 amide bonds. The molecule has 0 spiro atoms. The Labute approximate surface area is 79.0 Å². The SMILES string of the molecule is CC(C)c1cn2c(n1)CCCC2N. The van der Waals surface area contributed by atoms with Gasteiger partial charge in [0.2, 0.25) is 0 Å². The normalized spacial score (nSPS) is 22.0. The van der Waals surface area contributed by atoms with Crippen LogP contribution in [0, 0.1) is 0 Å². The lowest BCUT2D eigenvalue weighted by Crippen LogP contribution is -2.24. The third-order valence-electron chi connectivity index (χ3n) is 2.68. The van der Waals surface area contributed by atoms with E-state index >= 15 is 0 Å². The maximum atomic E-state index is 5.98. The van der Waals surface area contributed by atoms with Crippen LogP contribution in [0.3, 0.4) is 0 Å². The van der Waals surface area contributed by atoms with Gasteiger partial charge in [0.1, 0.15) is 5.82 Å². The summed E-state index contributed by atoms with van der Waals surface area (Å²) in [4.78, 5) is 4.58. The van der Waals surface area contributed by atoms with Gasteiger partial charge in [-0.05, 0) is 18.8 Å². The second-order valence-corrected chi connectivity index (χ2v) is 4.10. The van der Waals surface area contributed by atoms with E-state index in [-0.39, 0.29) is 6.17 Å². The second kappa shape index (κ2) is 3.14. The molecule has 0 aliphatic carbocycles. The lowest BCUT2D eigenvalue weighted by molar-refractivity contribution is 0.408. The maximum Gasteiger partial charge on any atom is 0.110 e. The number of hydrogen-bond donors (Lipinski definition) is 1. The van der Waals surface area contributed by atoms with Crippen LogP contribution in [0.5, 0.6) is 0 Å². The Morgan fingerprint density at radius 3 is 3.00 bits per heavy atom. The van der Waals surface area contributed by atoms with Crippen LogP contribution in [-0.4, -0.2) is 9.55 Å². The Hall–Kier alpha value is -0.830. The van der Waals surface area contributed by atoms with Crippen molar-refractivity contribution in [1.29, 1.82) is 0 Å². The predicted molar refractivity (Wildman–Crippen MR) is 52.5 cm³/mol. The van der Waals surface area contributed by atoms with Gasteiger partial charge in [-0.2, -0.15) is 0 Å². The van der Waals surface area contributed by atoms with Gasteiger partial charge in [0.25, 0.3) is 0 Å². The molecule has 2 rings (SSSR count). The summed E-state index contributed by atoms with van der Waals surface area (Å²) in [6.45, 7) is 4.33. The largest absolute Gasteiger partial charge is 0.319 e. The molecule has 0 aromatic carbocycles. The molecule has 2 heterocycles. The highest BCUT2D eigenvalue weighted by atomic mass is 15.2. The highest BCUT2D eigenvalue weighted by Gasteiger charge is 2.18. The summed E-state index contributed by atoms with van der Waals surface area (Å²) >= 11 is 0. The van der Waals surface area contributed by atoms with Gasteiger partial charge in [0.15, 0.2) is 0 Å². The number of aryl methyl sites for hydroxylation is 1. The van der Waals surface area contributed by atoms with Gasteiger partial charge in [-0.15, -0.1) is 0 Å². The first-order chi connectivity index (χ1) is 6.18. The van der Waals surface area contributed by atoms with E-state index in [4.69, 9.17) is 5.73 Å². The number of aromatic nitrogens is 2. The molecule has 1 unspecified atom stereocenters. The zero-order valence-corrected chi connectivity index (χ0v) is 8.33. The molecule has 0 radical (unpaired) electrons. The minimum absolute atomic E-state index is 0.156. The summed E-state index contributed by atoms with van der Waals surface area (Å²) in [5.41, 5.74) is 7.16. The lowest BCUT2D eigenvalue weighted by atomic mass is 10.1. The van der Waals surface area contributed by atoms with Crippen LogP contribution in [0.25, 0.3) is 0 Å². The average Bonchev–Trinajstić information content (AvgIpc) is 2.49. The molecule has 0 saturated heterocycles. The highest BCUT2D eigenvalue weighted by molar-refractivity contribution is 5.10. The molecule has 1 atom stereocenters. The number of nitrogens with zero attached hydrogens (tertiary/aromatic N) is 2. The molecule has 3 nitrogen and oxygen atoms in total. The summed E-state index contributed by atoms with van der Waals surface area (Å²) in [6, 6.07) is 0. The number of rotatable bonds is 1. The van der Waals surface area contributed by atoms with E-state index in [1.807, 2.05) is 0 Å². The van der Waals surface area contributed by atoms with E-state index in [0.717, 1.165) is 12.8 Å². The molecule has 1 aromatic rings. The topological polar surface area (TPSA) is 43.8 Å². The molecular weight excluding hydrogens is 162 g/mol. The fraction of sp³-hybridized carbons (Fsp3) is 0.700. The summed E-state index contributed by atoms with van der Waals surface area (Å²) in [7, 11) is 0. The van der Waals surface area contributed by atoms with E-state index in [9.17, 15) is 0 Å². The summed E-state index contributed by atoms with van der Waals surface area (Å²) in [5.74, 6) is 1.67. The summed E-state index contributed by atoms with van der Waals surface area (Å²) in [5, 5.41) is 0. The van der Waals surface area contributed by atoms with Crippen LogP contribution in [0.2, 0.25) is 0 Å². The standard InChI is InChI=1S/C10H17N3/c1-7(2)8-6-13-9(11)4-3-5-10(13)12-8/h6-7,9H,3-5,11H2,1-2H3. The molecular formula is C10H17N3. The van der Waals surface area contributed by atoms with Crippen molar-refractivity contribution < 1.29 is 0 Å². The van der Waals surface area contributed by atoms with E-state index in [2.05, 4.69) is 29.6 Å². The molecule has 1 aliphatic rings. The number of nitrogens with two attached hydrogens (primary N) is 1. The average molecular weight is 179 g/mol. The third kappa shape index (κ3) is 1.48. The number of imidazole rings is 1. The van der Waals surface area contributed by atoms with Crippen LogP contribution in [0.15, 0.2) is 6.20 Å². The molecule has 0 bridgehead atoms. The maximum absolute atomic E-state index is 5.98. The Kier molecular flexibility index (Phi) is 2.12. The van der Waals surface area contributed by atoms with E-state index in [1.165, 1.54) is 17.9 Å². The van der Waals surface area contributed by atoms with Crippen LogP contribution < -0.4 is 5.73 Å². The first kappa shape index (κ1) is 8.75. The monoisotopic (exact) mass is 179 g/mol. The molecule has 2 N–H and O–H groups in total. The van der Waals surface area contributed by atoms with Crippen molar-refractivity contribution in [2.45, 2.75) is 45.2 Å². The van der Waals surface area contributed by atoms with Crippen LogP contribution in [0.1, 0.15) is 50.3 Å². The first-order valence-electron chi connectivity index (χ1n) is 5.01. The van der Waals surface area contributed by atoms with Crippen LogP contribution >= 0.6 is 0 Å². The van der Waals surface area contributed by atoms with Crippen molar-refractivity contribution in [3.63, 3.8) is 0 Å². The van der Waals surface area contributed by atoms with Gasteiger partial charge in [0.05, 0.1) is 11.9 Å². The van der Waals surface area contributed by atoms with Gasteiger partial charge in [-0.25, -0.2) is 4.98 Å². The van der Waals surface area contributed by atoms with Crippen molar-refractivity contribution in [3.8, 4) is 0 Å². The Bertz CT molecular complexity index is 301. The zero-order chi connectivity index (χ0) is 9.42. The smallest absolute Gasteiger partial charge is 0.110 e. The molecule has 1 aliphatic heterocycles. The van der Waals surface area contributed by atoms with Crippen molar-refractivity contribution in [1.82, 2.24) is 9.55 Å². The van der Waals surface area contributed by atoms with Gasteiger partial charge >= 0.3 is 0 Å². The van der Waals surface area contributed by atoms with Crippen molar-refractivity contribution in [2.75, 3.05) is 0 Å². The third-order valence-corrected chi connectivity index (χ3v) is 2.68. The molecule has 3 heteroatoms. The quantitative estimate of drug-likeness (QED) is 0.714. The predicted octanol–water partition coefficient (Wildman–Crippen LogP) is 1.80. The summed E-state index contributed by atoms with van der Waals surface area (Å²) in [6.07, 6.45) is 5.62. The molecule has 0 saturated carbocycles.